The Bertz CT molecular complexity index is 735. The van der Waals surface area contributed by atoms with Crippen molar-refractivity contribution < 1.29 is 18.3 Å². The number of aromatic carboxylic acids is 1. The van der Waals surface area contributed by atoms with Crippen LogP contribution in [0.1, 0.15) is 15.9 Å². The van der Waals surface area contributed by atoms with Crippen molar-refractivity contribution in [1.29, 1.82) is 0 Å². The number of benzene rings is 1. The van der Waals surface area contributed by atoms with Crippen molar-refractivity contribution in [2.24, 2.45) is 7.05 Å². The highest BCUT2D eigenvalue weighted by atomic mass is 32.2. The second-order valence-electron chi connectivity index (χ2n) is 4.50. The summed E-state index contributed by atoms with van der Waals surface area (Å²) in [6, 6.07) is 5.07. The SMILES string of the molecule is Cn1cc(CCNS(=O)(=O)c2ccc(C(=O)O)cc2)cn1. The molecule has 112 valence electrons. The van der Waals surface area contributed by atoms with Crippen LogP contribution in [0, 0.1) is 0 Å². The maximum atomic E-state index is 12.0. The summed E-state index contributed by atoms with van der Waals surface area (Å²) in [5, 5.41) is 12.8. The van der Waals surface area contributed by atoms with Crippen molar-refractivity contribution in [2.75, 3.05) is 6.54 Å². The Balaban J connectivity index is 1.99. The number of hydrogen-bond acceptors (Lipinski definition) is 4. The summed E-state index contributed by atoms with van der Waals surface area (Å²) in [6.45, 7) is 0.245. The fraction of sp³-hybridized carbons (Fsp3) is 0.231. The predicted octanol–water partition coefficient (Wildman–Crippen LogP) is 0.639. The van der Waals surface area contributed by atoms with Gasteiger partial charge in [-0.1, -0.05) is 0 Å². The number of carboxylic acid groups (broad SMARTS) is 1. The monoisotopic (exact) mass is 309 g/mol. The molecule has 1 aromatic carbocycles. The molecule has 21 heavy (non-hydrogen) atoms. The summed E-state index contributed by atoms with van der Waals surface area (Å²) in [6.07, 6.45) is 4.02. The Hall–Kier alpha value is -2.19. The summed E-state index contributed by atoms with van der Waals surface area (Å²) in [5.41, 5.74) is 0.978. The molecule has 2 rings (SSSR count). The van der Waals surface area contributed by atoms with Crippen LogP contribution < -0.4 is 4.72 Å². The van der Waals surface area contributed by atoms with E-state index in [2.05, 4.69) is 9.82 Å². The number of aromatic nitrogens is 2. The van der Waals surface area contributed by atoms with Crippen LogP contribution in [0.4, 0.5) is 0 Å². The smallest absolute Gasteiger partial charge is 0.335 e. The van der Waals surface area contributed by atoms with E-state index in [0.717, 1.165) is 5.56 Å². The van der Waals surface area contributed by atoms with E-state index in [1.165, 1.54) is 24.3 Å². The van der Waals surface area contributed by atoms with Gasteiger partial charge in [0.15, 0.2) is 0 Å². The van der Waals surface area contributed by atoms with E-state index in [-0.39, 0.29) is 17.0 Å². The zero-order chi connectivity index (χ0) is 15.5. The molecule has 0 aliphatic heterocycles. The summed E-state index contributed by atoms with van der Waals surface area (Å²) >= 11 is 0. The van der Waals surface area contributed by atoms with Crippen molar-refractivity contribution in [3.63, 3.8) is 0 Å². The predicted molar refractivity (Wildman–Crippen MR) is 75.5 cm³/mol. The Morgan fingerprint density at radius 3 is 2.52 bits per heavy atom. The van der Waals surface area contributed by atoms with Crippen molar-refractivity contribution in [2.45, 2.75) is 11.3 Å². The standard InChI is InChI=1S/C13H15N3O4S/c1-16-9-10(8-14-16)6-7-15-21(19,20)12-4-2-11(3-5-12)13(17)18/h2-5,8-9,15H,6-7H2,1H3,(H,17,18). The third-order valence-electron chi connectivity index (χ3n) is 2.88. The average Bonchev–Trinajstić information content (AvgIpc) is 2.84. The van der Waals surface area contributed by atoms with Gasteiger partial charge in [0.25, 0.3) is 0 Å². The number of sulfonamides is 1. The maximum absolute atomic E-state index is 12.0. The molecule has 0 saturated carbocycles. The van der Waals surface area contributed by atoms with Crippen LogP contribution in [0.25, 0.3) is 0 Å². The number of hydrogen-bond donors (Lipinski definition) is 2. The molecule has 2 aromatic rings. The van der Waals surface area contributed by atoms with Gasteiger partial charge in [0, 0.05) is 19.8 Å². The highest BCUT2D eigenvalue weighted by molar-refractivity contribution is 7.89. The first-order valence-electron chi connectivity index (χ1n) is 6.19. The molecule has 1 aromatic heterocycles. The lowest BCUT2D eigenvalue weighted by Crippen LogP contribution is -2.26. The number of rotatable bonds is 6. The van der Waals surface area contributed by atoms with Gasteiger partial charge in [0.1, 0.15) is 0 Å². The van der Waals surface area contributed by atoms with E-state index in [4.69, 9.17) is 5.11 Å². The van der Waals surface area contributed by atoms with Crippen molar-refractivity contribution >= 4 is 16.0 Å². The molecule has 1 heterocycles. The molecule has 8 heteroatoms. The van der Waals surface area contributed by atoms with E-state index in [1.54, 1.807) is 17.9 Å². The van der Waals surface area contributed by atoms with E-state index < -0.39 is 16.0 Å². The molecule has 0 unspecified atom stereocenters. The molecule has 0 fully saturated rings. The largest absolute Gasteiger partial charge is 0.478 e. The van der Waals surface area contributed by atoms with Gasteiger partial charge in [-0.05, 0) is 36.2 Å². The molecule has 2 N–H and O–H groups in total. The minimum atomic E-state index is -3.64. The minimum Gasteiger partial charge on any atom is -0.478 e. The number of carbonyl (C=O) groups is 1. The Labute approximate surface area is 122 Å². The minimum absolute atomic E-state index is 0.0405. The van der Waals surface area contributed by atoms with Crippen molar-refractivity contribution in [3.8, 4) is 0 Å². The van der Waals surface area contributed by atoms with Crippen LogP contribution in [0.2, 0.25) is 0 Å². The van der Waals surface area contributed by atoms with E-state index in [9.17, 15) is 13.2 Å². The second kappa shape index (κ2) is 6.06. The van der Waals surface area contributed by atoms with Crippen molar-refractivity contribution in [3.05, 3.63) is 47.8 Å². The lowest BCUT2D eigenvalue weighted by atomic mass is 10.2. The summed E-state index contributed by atoms with van der Waals surface area (Å²) in [5.74, 6) is -1.09. The molecule has 0 spiro atoms. The zero-order valence-electron chi connectivity index (χ0n) is 11.4. The van der Waals surface area contributed by atoms with Crippen LogP contribution in [-0.2, 0) is 23.5 Å². The molecule has 0 aliphatic carbocycles. The zero-order valence-corrected chi connectivity index (χ0v) is 12.2. The van der Waals surface area contributed by atoms with Gasteiger partial charge in [-0.2, -0.15) is 5.10 Å². The van der Waals surface area contributed by atoms with Crippen LogP contribution in [0.5, 0.6) is 0 Å². The van der Waals surface area contributed by atoms with Gasteiger partial charge in [0.05, 0.1) is 16.7 Å². The third kappa shape index (κ3) is 3.89. The first-order chi connectivity index (χ1) is 9.88. The number of aryl methyl sites for hydroxylation is 1. The van der Waals surface area contributed by atoms with Crippen LogP contribution >= 0.6 is 0 Å². The highest BCUT2D eigenvalue weighted by Crippen LogP contribution is 2.10. The molecule has 0 aliphatic rings. The first-order valence-corrected chi connectivity index (χ1v) is 7.67. The van der Waals surface area contributed by atoms with Gasteiger partial charge >= 0.3 is 5.97 Å². The molecule has 0 amide bonds. The molecular weight excluding hydrogens is 294 g/mol. The fourth-order valence-electron chi connectivity index (χ4n) is 1.79. The van der Waals surface area contributed by atoms with Gasteiger partial charge in [-0.3, -0.25) is 4.68 Å². The van der Waals surface area contributed by atoms with E-state index in [1.807, 2.05) is 6.20 Å². The fourth-order valence-corrected chi connectivity index (χ4v) is 2.82. The third-order valence-corrected chi connectivity index (χ3v) is 4.35. The van der Waals surface area contributed by atoms with Gasteiger partial charge in [-0.15, -0.1) is 0 Å². The van der Waals surface area contributed by atoms with Gasteiger partial charge < -0.3 is 5.11 Å². The number of carboxylic acids is 1. The highest BCUT2D eigenvalue weighted by Gasteiger charge is 2.14. The Kier molecular flexibility index (Phi) is 4.39. The molecular formula is C13H15N3O4S. The number of nitrogens with one attached hydrogen (secondary N) is 1. The lowest BCUT2D eigenvalue weighted by Gasteiger charge is -2.06. The Morgan fingerprint density at radius 1 is 1.33 bits per heavy atom. The number of nitrogens with zero attached hydrogens (tertiary/aromatic N) is 2. The molecule has 0 radical (unpaired) electrons. The first kappa shape index (κ1) is 15.2. The quantitative estimate of drug-likeness (QED) is 0.815. The second-order valence-corrected chi connectivity index (χ2v) is 6.27. The van der Waals surface area contributed by atoms with Crippen LogP contribution in [0.3, 0.4) is 0 Å². The Morgan fingerprint density at radius 2 is 2.00 bits per heavy atom. The summed E-state index contributed by atoms with van der Waals surface area (Å²) in [7, 11) is -1.85. The maximum Gasteiger partial charge on any atom is 0.335 e. The summed E-state index contributed by atoms with van der Waals surface area (Å²) in [4.78, 5) is 10.8. The summed E-state index contributed by atoms with van der Waals surface area (Å²) < 4.78 is 28.2. The normalized spacial score (nSPS) is 11.5. The van der Waals surface area contributed by atoms with Crippen molar-refractivity contribution in [1.82, 2.24) is 14.5 Å². The molecule has 0 saturated heterocycles. The molecule has 0 bridgehead atoms. The molecule has 7 nitrogen and oxygen atoms in total. The van der Waals surface area contributed by atoms with Gasteiger partial charge in [0.2, 0.25) is 10.0 Å². The average molecular weight is 309 g/mol. The van der Waals surface area contributed by atoms with E-state index >= 15 is 0 Å². The van der Waals surface area contributed by atoms with Gasteiger partial charge in [-0.25, -0.2) is 17.9 Å². The lowest BCUT2D eigenvalue weighted by molar-refractivity contribution is 0.0696. The van der Waals surface area contributed by atoms with Crippen LogP contribution in [0.15, 0.2) is 41.6 Å². The van der Waals surface area contributed by atoms with Crippen LogP contribution in [-0.4, -0.2) is 35.8 Å². The van der Waals surface area contributed by atoms with E-state index in [0.29, 0.717) is 6.42 Å². The molecule has 0 atom stereocenters. The topological polar surface area (TPSA) is 101 Å².